The van der Waals surface area contributed by atoms with Gasteiger partial charge < -0.3 is 14.6 Å². The van der Waals surface area contributed by atoms with Crippen molar-refractivity contribution in [3.8, 4) is 0 Å². The Morgan fingerprint density at radius 3 is 2.75 bits per heavy atom. The van der Waals surface area contributed by atoms with E-state index < -0.39 is 6.29 Å². The molecule has 1 rings (SSSR count). The van der Waals surface area contributed by atoms with Crippen molar-refractivity contribution in [1.29, 1.82) is 0 Å². The van der Waals surface area contributed by atoms with Gasteiger partial charge in [0.2, 0.25) is 0 Å². The molecule has 1 saturated heterocycles. The van der Waals surface area contributed by atoms with Crippen molar-refractivity contribution in [2.24, 2.45) is 0 Å². The van der Waals surface area contributed by atoms with Gasteiger partial charge in [-0.1, -0.05) is 0 Å². The molecular formula is C8H14O4. The summed E-state index contributed by atoms with van der Waals surface area (Å²) in [6, 6.07) is 0. The maximum absolute atomic E-state index is 10.6. The van der Waals surface area contributed by atoms with Gasteiger partial charge in [-0.3, -0.25) is 4.79 Å². The second kappa shape index (κ2) is 3.87. The van der Waals surface area contributed by atoms with Crippen LogP contribution in [0.25, 0.3) is 0 Å². The molecule has 3 atom stereocenters. The highest BCUT2D eigenvalue weighted by atomic mass is 16.6. The lowest BCUT2D eigenvalue weighted by Crippen LogP contribution is -2.39. The minimum Gasteiger partial charge on any atom is -0.460 e. The predicted octanol–water partition coefficient (Wildman–Crippen LogP) is 0.435. The lowest BCUT2D eigenvalue weighted by atomic mass is 10.1. The number of hydrogen-bond donors (Lipinski definition) is 1. The molecule has 1 N–H and O–H groups in total. The van der Waals surface area contributed by atoms with Gasteiger partial charge in [-0.2, -0.15) is 0 Å². The van der Waals surface area contributed by atoms with Crippen LogP contribution in [0.1, 0.15) is 26.7 Å². The van der Waals surface area contributed by atoms with E-state index in [4.69, 9.17) is 14.6 Å². The number of aliphatic hydroxyl groups is 1. The van der Waals surface area contributed by atoms with Crippen molar-refractivity contribution in [3.05, 3.63) is 0 Å². The molecule has 0 spiro atoms. The highest BCUT2D eigenvalue weighted by molar-refractivity contribution is 5.66. The lowest BCUT2D eigenvalue weighted by molar-refractivity contribution is -0.205. The van der Waals surface area contributed by atoms with Crippen molar-refractivity contribution in [1.82, 2.24) is 0 Å². The molecule has 0 aromatic carbocycles. The normalized spacial score (nSPS) is 36.1. The molecule has 70 valence electrons. The van der Waals surface area contributed by atoms with Crippen LogP contribution < -0.4 is 0 Å². The minimum atomic E-state index is -0.702. The van der Waals surface area contributed by atoms with E-state index in [0.717, 1.165) is 0 Å². The molecule has 0 aromatic heterocycles. The molecule has 0 bridgehead atoms. The number of rotatable bonds is 1. The van der Waals surface area contributed by atoms with Crippen molar-refractivity contribution >= 4 is 5.97 Å². The van der Waals surface area contributed by atoms with Crippen LogP contribution in [-0.2, 0) is 14.3 Å². The Bertz CT molecular complexity index is 168. The van der Waals surface area contributed by atoms with E-state index in [0.29, 0.717) is 12.8 Å². The summed E-state index contributed by atoms with van der Waals surface area (Å²) in [7, 11) is 0. The topological polar surface area (TPSA) is 55.8 Å². The summed E-state index contributed by atoms with van der Waals surface area (Å²) in [5.74, 6) is -0.299. The van der Waals surface area contributed by atoms with Gasteiger partial charge >= 0.3 is 5.97 Å². The molecule has 1 aliphatic heterocycles. The smallest absolute Gasteiger partial charge is 0.302 e. The van der Waals surface area contributed by atoms with Gasteiger partial charge in [0.15, 0.2) is 6.29 Å². The third-order valence-electron chi connectivity index (χ3n) is 1.91. The fourth-order valence-electron chi connectivity index (χ4n) is 1.31. The molecule has 0 radical (unpaired) electrons. The van der Waals surface area contributed by atoms with Crippen LogP contribution in [0.4, 0.5) is 0 Å². The third kappa shape index (κ3) is 2.46. The summed E-state index contributed by atoms with van der Waals surface area (Å²) in [6.45, 7) is 3.16. The molecule has 1 unspecified atom stereocenters. The zero-order chi connectivity index (χ0) is 9.14. The van der Waals surface area contributed by atoms with Crippen LogP contribution in [0, 0.1) is 0 Å². The Morgan fingerprint density at radius 2 is 2.25 bits per heavy atom. The van der Waals surface area contributed by atoms with Crippen molar-refractivity contribution in [2.75, 3.05) is 0 Å². The Kier molecular flexibility index (Phi) is 3.05. The van der Waals surface area contributed by atoms with Gasteiger partial charge in [0.25, 0.3) is 0 Å². The quantitative estimate of drug-likeness (QED) is 0.586. The molecule has 0 saturated carbocycles. The summed E-state index contributed by atoms with van der Waals surface area (Å²) < 4.78 is 10.1. The first kappa shape index (κ1) is 9.48. The second-order valence-electron chi connectivity index (χ2n) is 3.02. The van der Waals surface area contributed by atoms with E-state index in [-0.39, 0.29) is 18.2 Å². The molecule has 4 heteroatoms. The highest BCUT2D eigenvalue weighted by Crippen LogP contribution is 2.20. The maximum Gasteiger partial charge on any atom is 0.302 e. The average molecular weight is 174 g/mol. The van der Waals surface area contributed by atoms with E-state index in [1.54, 1.807) is 6.92 Å². The Morgan fingerprint density at radius 1 is 1.58 bits per heavy atom. The Labute approximate surface area is 71.5 Å². The van der Waals surface area contributed by atoms with Crippen LogP contribution in [0.15, 0.2) is 0 Å². The lowest BCUT2D eigenvalue weighted by Gasteiger charge is -2.31. The zero-order valence-corrected chi connectivity index (χ0v) is 7.32. The standard InChI is InChI=1S/C8H14O4/c1-5-7(12-6(2)9)3-4-8(10)11-5/h5,7-8,10H,3-4H2,1-2H3/t5-,7-,8?/m0/s1. The number of carbonyl (C=O) groups is 1. The largest absolute Gasteiger partial charge is 0.460 e. The van der Waals surface area contributed by atoms with Crippen molar-refractivity contribution < 1.29 is 19.4 Å². The van der Waals surface area contributed by atoms with E-state index in [2.05, 4.69) is 0 Å². The number of aliphatic hydroxyl groups excluding tert-OH is 1. The van der Waals surface area contributed by atoms with Gasteiger partial charge in [-0.15, -0.1) is 0 Å². The summed E-state index contributed by atoms with van der Waals surface area (Å²) in [4.78, 5) is 10.6. The maximum atomic E-state index is 10.6. The second-order valence-corrected chi connectivity index (χ2v) is 3.02. The Balaban J connectivity index is 2.39. The first-order chi connectivity index (χ1) is 5.59. The molecule has 12 heavy (non-hydrogen) atoms. The highest BCUT2D eigenvalue weighted by Gasteiger charge is 2.28. The number of ether oxygens (including phenoxy) is 2. The molecule has 0 aromatic rings. The molecule has 0 amide bonds. The van der Waals surface area contributed by atoms with Gasteiger partial charge in [-0.25, -0.2) is 0 Å². The number of esters is 1. The molecule has 0 aliphatic carbocycles. The fraction of sp³-hybridized carbons (Fsp3) is 0.875. The van der Waals surface area contributed by atoms with Crippen LogP contribution in [0.2, 0.25) is 0 Å². The molecule has 1 aliphatic rings. The van der Waals surface area contributed by atoms with E-state index in [1.165, 1.54) is 6.92 Å². The Hall–Kier alpha value is -0.610. The van der Waals surface area contributed by atoms with Crippen molar-refractivity contribution in [2.45, 2.75) is 45.2 Å². The molecule has 1 fully saturated rings. The first-order valence-corrected chi connectivity index (χ1v) is 4.10. The third-order valence-corrected chi connectivity index (χ3v) is 1.91. The summed E-state index contributed by atoms with van der Waals surface area (Å²) >= 11 is 0. The van der Waals surface area contributed by atoms with Crippen LogP contribution in [0.3, 0.4) is 0 Å². The predicted molar refractivity (Wildman–Crippen MR) is 41.3 cm³/mol. The van der Waals surface area contributed by atoms with Gasteiger partial charge in [0, 0.05) is 13.3 Å². The SMILES string of the molecule is CC(=O)O[C@H]1CCC(O)O[C@H]1C. The van der Waals surface area contributed by atoms with E-state index in [1.807, 2.05) is 0 Å². The molecule has 1 heterocycles. The zero-order valence-electron chi connectivity index (χ0n) is 7.32. The first-order valence-electron chi connectivity index (χ1n) is 4.10. The molecular weight excluding hydrogens is 160 g/mol. The van der Waals surface area contributed by atoms with Crippen LogP contribution in [0.5, 0.6) is 0 Å². The summed E-state index contributed by atoms with van der Waals surface area (Å²) in [5.41, 5.74) is 0. The van der Waals surface area contributed by atoms with Gasteiger partial charge in [0.05, 0.1) is 6.10 Å². The minimum absolute atomic E-state index is 0.203. The molecule has 4 nitrogen and oxygen atoms in total. The van der Waals surface area contributed by atoms with Gasteiger partial charge in [0.1, 0.15) is 6.10 Å². The summed E-state index contributed by atoms with van der Waals surface area (Å²) in [5, 5.41) is 9.07. The van der Waals surface area contributed by atoms with Crippen molar-refractivity contribution in [3.63, 3.8) is 0 Å². The number of hydrogen-bond acceptors (Lipinski definition) is 4. The van der Waals surface area contributed by atoms with Gasteiger partial charge in [-0.05, 0) is 13.3 Å². The summed E-state index contributed by atoms with van der Waals surface area (Å²) in [6.07, 6.45) is 0.0832. The monoisotopic (exact) mass is 174 g/mol. The van der Waals surface area contributed by atoms with Crippen LogP contribution >= 0.6 is 0 Å². The van der Waals surface area contributed by atoms with Crippen LogP contribution in [-0.4, -0.2) is 29.6 Å². The fourth-order valence-corrected chi connectivity index (χ4v) is 1.31. The average Bonchev–Trinajstić information content (AvgIpc) is 1.94. The van der Waals surface area contributed by atoms with E-state index in [9.17, 15) is 4.79 Å². The number of carbonyl (C=O) groups excluding carboxylic acids is 1. The van der Waals surface area contributed by atoms with E-state index >= 15 is 0 Å².